The van der Waals surface area contributed by atoms with Crippen LogP contribution in [0.5, 0.6) is 5.75 Å². The van der Waals surface area contributed by atoms with Crippen molar-refractivity contribution in [1.29, 1.82) is 0 Å². The zero-order valence-electron chi connectivity index (χ0n) is 14.4. The lowest BCUT2D eigenvalue weighted by Gasteiger charge is -2.25. The number of ether oxygens (including phenoxy) is 1. The molecular formula is C17H25BrN2O3. The Kier molecular flexibility index (Phi) is 7.55. The van der Waals surface area contributed by atoms with Crippen LogP contribution in [0.2, 0.25) is 0 Å². The van der Waals surface area contributed by atoms with Crippen LogP contribution >= 0.6 is 15.9 Å². The van der Waals surface area contributed by atoms with Gasteiger partial charge < -0.3 is 15.0 Å². The van der Waals surface area contributed by atoms with E-state index in [0.717, 1.165) is 10.0 Å². The van der Waals surface area contributed by atoms with Gasteiger partial charge in [-0.05, 0) is 68.2 Å². The minimum Gasteiger partial charge on any atom is -0.480 e. The average Bonchev–Trinajstić information content (AvgIpc) is 2.46. The molecule has 1 atom stereocenters. The van der Waals surface area contributed by atoms with E-state index < -0.39 is 6.10 Å². The quantitative estimate of drug-likeness (QED) is 0.785. The number of rotatable bonds is 7. The number of nitrogens with zero attached hydrogens (tertiary/aromatic N) is 1. The summed E-state index contributed by atoms with van der Waals surface area (Å²) in [6.45, 7) is 9.78. The van der Waals surface area contributed by atoms with Crippen LogP contribution in [0.25, 0.3) is 0 Å². The molecule has 2 amide bonds. The van der Waals surface area contributed by atoms with E-state index in [1.807, 2.05) is 45.9 Å². The van der Waals surface area contributed by atoms with Gasteiger partial charge in [0.25, 0.3) is 5.91 Å². The maximum atomic E-state index is 12.5. The average molecular weight is 385 g/mol. The molecule has 0 aromatic heterocycles. The Hall–Kier alpha value is -1.56. The van der Waals surface area contributed by atoms with E-state index in [0.29, 0.717) is 12.3 Å². The maximum absolute atomic E-state index is 12.5. The van der Waals surface area contributed by atoms with Crippen molar-refractivity contribution in [3.05, 3.63) is 28.2 Å². The lowest BCUT2D eigenvalue weighted by Crippen LogP contribution is -2.46. The summed E-state index contributed by atoms with van der Waals surface area (Å²) in [5.74, 6) is 0.233. The molecule has 0 bridgehead atoms. The summed E-state index contributed by atoms with van der Waals surface area (Å²) < 4.78 is 6.54. The summed E-state index contributed by atoms with van der Waals surface area (Å²) in [6.07, 6.45) is -0.666. The number of carbonyl (C=O) groups is 2. The minimum atomic E-state index is -0.666. The van der Waals surface area contributed by atoms with E-state index in [1.165, 1.54) is 4.90 Å². The first-order valence-corrected chi connectivity index (χ1v) is 8.54. The molecule has 0 saturated carbocycles. The second kappa shape index (κ2) is 8.91. The van der Waals surface area contributed by atoms with Gasteiger partial charge in [0.1, 0.15) is 5.75 Å². The highest BCUT2D eigenvalue weighted by Crippen LogP contribution is 2.26. The Balaban J connectivity index is 2.71. The fraction of sp³-hybridized carbons (Fsp3) is 0.529. The molecule has 0 aliphatic carbocycles. The van der Waals surface area contributed by atoms with Gasteiger partial charge in [0.05, 0.1) is 11.0 Å². The Morgan fingerprint density at radius 2 is 1.96 bits per heavy atom. The van der Waals surface area contributed by atoms with Crippen LogP contribution in [0.4, 0.5) is 0 Å². The second-order valence-corrected chi connectivity index (χ2v) is 6.62. The van der Waals surface area contributed by atoms with Crippen LogP contribution < -0.4 is 10.1 Å². The third-order valence-electron chi connectivity index (χ3n) is 3.22. The summed E-state index contributed by atoms with van der Waals surface area (Å²) in [4.78, 5) is 25.8. The first kappa shape index (κ1) is 19.5. The van der Waals surface area contributed by atoms with E-state index in [1.54, 1.807) is 6.92 Å². The molecule has 0 aliphatic heterocycles. The number of amides is 2. The van der Waals surface area contributed by atoms with Gasteiger partial charge in [0, 0.05) is 12.6 Å². The van der Waals surface area contributed by atoms with Crippen LogP contribution in [0, 0.1) is 6.92 Å². The molecule has 0 fully saturated rings. The van der Waals surface area contributed by atoms with E-state index >= 15 is 0 Å². The molecule has 1 rings (SSSR count). The molecule has 23 heavy (non-hydrogen) atoms. The highest BCUT2D eigenvalue weighted by atomic mass is 79.9. The van der Waals surface area contributed by atoms with Crippen LogP contribution in [0.15, 0.2) is 22.7 Å². The zero-order valence-corrected chi connectivity index (χ0v) is 15.9. The second-order valence-electron chi connectivity index (χ2n) is 5.77. The van der Waals surface area contributed by atoms with E-state index in [4.69, 9.17) is 4.74 Å². The van der Waals surface area contributed by atoms with Gasteiger partial charge in [-0.1, -0.05) is 6.07 Å². The number of halogens is 1. The van der Waals surface area contributed by atoms with Gasteiger partial charge in [-0.15, -0.1) is 0 Å². The number of likely N-dealkylation sites (N-methyl/N-ethyl adjacent to an activating group) is 1. The topological polar surface area (TPSA) is 58.6 Å². The first-order valence-electron chi connectivity index (χ1n) is 7.75. The standard InChI is InChI=1S/C17H25BrN2O3/c1-6-20(10-16(21)19-11(2)3)17(22)13(5)23-15-8-7-12(4)9-14(15)18/h7-9,11,13H,6,10H2,1-5H3,(H,19,21)/t13-/m0/s1. The maximum Gasteiger partial charge on any atom is 0.263 e. The molecule has 1 N–H and O–H groups in total. The molecule has 1 aromatic carbocycles. The molecule has 5 nitrogen and oxygen atoms in total. The van der Waals surface area contributed by atoms with Gasteiger partial charge in [0.15, 0.2) is 6.10 Å². The summed E-state index contributed by atoms with van der Waals surface area (Å²) in [5.41, 5.74) is 1.10. The fourth-order valence-corrected chi connectivity index (χ4v) is 2.67. The number of hydrogen-bond donors (Lipinski definition) is 1. The van der Waals surface area contributed by atoms with Crippen molar-refractivity contribution in [1.82, 2.24) is 10.2 Å². The van der Waals surface area contributed by atoms with Crippen LogP contribution in [0.1, 0.15) is 33.3 Å². The number of nitrogens with one attached hydrogen (secondary N) is 1. The number of carbonyl (C=O) groups excluding carboxylic acids is 2. The third kappa shape index (κ3) is 6.22. The monoisotopic (exact) mass is 384 g/mol. The summed E-state index contributed by atoms with van der Waals surface area (Å²) >= 11 is 3.43. The third-order valence-corrected chi connectivity index (χ3v) is 3.84. The number of benzene rings is 1. The molecular weight excluding hydrogens is 360 g/mol. The molecule has 0 heterocycles. The van der Waals surface area contributed by atoms with E-state index in [2.05, 4.69) is 21.2 Å². The predicted molar refractivity (Wildman–Crippen MR) is 94.5 cm³/mol. The summed E-state index contributed by atoms with van der Waals surface area (Å²) in [6, 6.07) is 5.73. The first-order chi connectivity index (χ1) is 10.7. The zero-order chi connectivity index (χ0) is 17.6. The van der Waals surface area contributed by atoms with Gasteiger partial charge >= 0.3 is 0 Å². The summed E-state index contributed by atoms with van der Waals surface area (Å²) in [7, 11) is 0. The highest BCUT2D eigenvalue weighted by molar-refractivity contribution is 9.10. The number of aryl methyl sites for hydroxylation is 1. The van der Waals surface area contributed by atoms with E-state index in [-0.39, 0.29) is 24.4 Å². The molecule has 6 heteroatoms. The van der Waals surface area contributed by atoms with Gasteiger partial charge in [-0.3, -0.25) is 9.59 Å². The Bertz CT molecular complexity index is 561. The van der Waals surface area contributed by atoms with Crippen LogP contribution in [-0.4, -0.2) is 41.9 Å². The molecule has 128 valence electrons. The molecule has 0 radical (unpaired) electrons. The van der Waals surface area contributed by atoms with Crippen molar-refractivity contribution in [2.75, 3.05) is 13.1 Å². The predicted octanol–water partition coefficient (Wildman–Crippen LogP) is 2.90. The Morgan fingerprint density at radius 1 is 1.30 bits per heavy atom. The smallest absolute Gasteiger partial charge is 0.263 e. The van der Waals surface area contributed by atoms with Crippen molar-refractivity contribution in [2.45, 2.75) is 46.8 Å². The molecule has 0 unspecified atom stereocenters. The van der Waals surface area contributed by atoms with Gasteiger partial charge in [-0.25, -0.2) is 0 Å². The minimum absolute atomic E-state index is 0.0380. The SMILES string of the molecule is CCN(CC(=O)NC(C)C)C(=O)[C@H](C)Oc1ccc(C)cc1Br. The van der Waals surface area contributed by atoms with Crippen molar-refractivity contribution >= 4 is 27.7 Å². The molecule has 1 aromatic rings. The Labute approximate surface area is 146 Å². The Morgan fingerprint density at radius 3 is 2.48 bits per heavy atom. The van der Waals surface area contributed by atoms with Crippen molar-refractivity contribution in [3.63, 3.8) is 0 Å². The van der Waals surface area contributed by atoms with Gasteiger partial charge in [0.2, 0.25) is 5.91 Å². The highest BCUT2D eigenvalue weighted by Gasteiger charge is 2.23. The van der Waals surface area contributed by atoms with Crippen molar-refractivity contribution in [3.8, 4) is 5.75 Å². The lowest BCUT2D eigenvalue weighted by atomic mass is 10.2. The van der Waals surface area contributed by atoms with Gasteiger partial charge in [-0.2, -0.15) is 0 Å². The molecule has 0 aliphatic rings. The molecule has 0 saturated heterocycles. The normalized spacial score (nSPS) is 12.0. The molecule has 0 spiro atoms. The van der Waals surface area contributed by atoms with E-state index in [9.17, 15) is 9.59 Å². The number of hydrogen-bond acceptors (Lipinski definition) is 3. The fourth-order valence-electron chi connectivity index (χ4n) is 2.09. The van der Waals surface area contributed by atoms with Crippen LogP contribution in [0.3, 0.4) is 0 Å². The summed E-state index contributed by atoms with van der Waals surface area (Å²) in [5, 5.41) is 2.79. The van der Waals surface area contributed by atoms with Crippen LogP contribution in [-0.2, 0) is 9.59 Å². The lowest BCUT2D eigenvalue weighted by molar-refractivity contribution is -0.141. The largest absolute Gasteiger partial charge is 0.480 e. The van der Waals surface area contributed by atoms with Crippen molar-refractivity contribution < 1.29 is 14.3 Å². The van der Waals surface area contributed by atoms with Crippen molar-refractivity contribution in [2.24, 2.45) is 0 Å².